The van der Waals surface area contributed by atoms with E-state index < -0.39 is 0 Å². The molecule has 21 heavy (non-hydrogen) atoms. The summed E-state index contributed by atoms with van der Waals surface area (Å²) in [7, 11) is 0. The maximum absolute atomic E-state index is 3.83. The van der Waals surface area contributed by atoms with Gasteiger partial charge in [0.15, 0.2) is 0 Å². The topological polar surface area (TPSA) is 15.3 Å². The molecule has 1 saturated carbocycles. The molecule has 1 heterocycles. The molecule has 1 aromatic carbocycles. The van der Waals surface area contributed by atoms with Crippen LogP contribution in [-0.4, -0.2) is 30.1 Å². The standard InChI is InChI=1S/C19H30N2/c1-14-10-15(2)18(16(3)11-14)12-21-9-5-8-20-19(4,13-21)17-6-7-17/h10-11,17,20H,5-9,12-13H2,1-4H3. The molecule has 1 aliphatic carbocycles. The summed E-state index contributed by atoms with van der Waals surface area (Å²) in [5.41, 5.74) is 6.17. The van der Waals surface area contributed by atoms with E-state index in [0.717, 1.165) is 12.5 Å². The molecule has 1 atom stereocenters. The third kappa shape index (κ3) is 3.32. The zero-order valence-electron chi connectivity index (χ0n) is 14.1. The van der Waals surface area contributed by atoms with Crippen LogP contribution in [0.3, 0.4) is 0 Å². The molecule has 1 unspecified atom stereocenters. The molecule has 1 aromatic rings. The van der Waals surface area contributed by atoms with Crippen LogP contribution in [0.1, 0.15) is 48.4 Å². The van der Waals surface area contributed by atoms with Gasteiger partial charge in [-0.05, 0) is 82.7 Å². The summed E-state index contributed by atoms with van der Waals surface area (Å²) in [6.45, 7) is 13.9. The fourth-order valence-corrected chi connectivity index (χ4v) is 4.09. The van der Waals surface area contributed by atoms with Gasteiger partial charge in [0, 0.05) is 18.6 Å². The lowest BCUT2D eigenvalue weighted by molar-refractivity contribution is 0.194. The summed E-state index contributed by atoms with van der Waals surface area (Å²) in [6.07, 6.45) is 4.10. The SMILES string of the molecule is Cc1cc(C)c(CN2CCCNC(C)(C3CC3)C2)c(C)c1. The number of nitrogens with one attached hydrogen (secondary N) is 1. The Morgan fingerprint density at radius 3 is 2.48 bits per heavy atom. The summed E-state index contributed by atoms with van der Waals surface area (Å²) < 4.78 is 0. The van der Waals surface area contributed by atoms with Crippen molar-refractivity contribution in [1.82, 2.24) is 10.2 Å². The molecule has 0 amide bonds. The number of rotatable bonds is 3. The molecule has 1 N–H and O–H groups in total. The Bertz CT molecular complexity index is 495. The second-order valence-corrected chi connectivity index (χ2v) is 7.56. The maximum Gasteiger partial charge on any atom is 0.0308 e. The van der Waals surface area contributed by atoms with E-state index in [1.165, 1.54) is 55.6 Å². The summed E-state index contributed by atoms with van der Waals surface area (Å²) in [4.78, 5) is 2.68. The van der Waals surface area contributed by atoms with Crippen molar-refractivity contribution in [3.8, 4) is 0 Å². The number of benzene rings is 1. The molecule has 0 spiro atoms. The fraction of sp³-hybridized carbons (Fsp3) is 0.684. The van der Waals surface area contributed by atoms with Gasteiger partial charge in [0.1, 0.15) is 0 Å². The lowest BCUT2D eigenvalue weighted by atomic mass is 9.94. The number of hydrogen-bond donors (Lipinski definition) is 1. The van der Waals surface area contributed by atoms with Gasteiger partial charge >= 0.3 is 0 Å². The molecule has 0 aromatic heterocycles. The lowest BCUT2D eigenvalue weighted by Crippen LogP contribution is -2.50. The van der Waals surface area contributed by atoms with Crippen LogP contribution in [0.15, 0.2) is 12.1 Å². The van der Waals surface area contributed by atoms with E-state index in [1.807, 2.05) is 0 Å². The molecule has 2 nitrogen and oxygen atoms in total. The average Bonchev–Trinajstić information content (AvgIpc) is 3.21. The van der Waals surface area contributed by atoms with Crippen LogP contribution in [-0.2, 0) is 6.54 Å². The molecular weight excluding hydrogens is 256 g/mol. The van der Waals surface area contributed by atoms with E-state index in [4.69, 9.17) is 0 Å². The first-order valence-electron chi connectivity index (χ1n) is 8.52. The van der Waals surface area contributed by atoms with Gasteiger partial charge in [-0.2, -0.15) is 0 Å². The van der Waals surface area contributed by atoms with Crippen molar-refractivity contribution < 1.29 is 0 Å². The van der Waals surface area contributed by atoms with Gasteiger partial charge in [0.05, 0.1) is 0 Å². The maximum atomic E-state index is 3.83. The first-order valence-corrected chi connectivity index (χ1v) is 8.52. The fourth-order valence-electron chi connectivity index (χ4n) is 4.09. The highest BCUT2D eigenvalue weighted by atomic mass is 15.2. The third-order valence-electron chi connectivity index (χ3n) is 5.43. The lowest BCUT2D eigenvalue weighted by Gasteiger charge is -2.34. The summed E-state index contributed by atoms with van der Waals surface area (Å²) in [6, 6.07) is 4.66. The smallest absolute Gasteiger partial charge is 0.0308 e. The van der Waals surface area contributed by atoms with Gasteiger partial charge in [-0.3, -0.25) is 4.90 Å². The molecule has 1 saturated heterocycles. The highest BCUT2D eigenvalue weighted by Crippen LogP contribution is 2.40. The van der Waals surface area contributed by atoms with E-state index >= 15 is 0 Å². The van der Waals surface area contributed by atoms with Crippen molar-refractivity contribution >= 4 is 0 Å². The van der Waals surface area contributed by atoms with Gasteiger partial charge < -0.3 is 5.32 Å². The van der Waals surface area contributed by atoms with Crippen LogP contribution in [0.4, 0.5) is 0 Å². The first-order chi connectivity index (χ1) is 9.98. The normalized spacial score (nSPS) is 27.6. The number of hydrogen-bond acceptors (Lipinski definition) is 2. The van der Waals surface area contributed by atoms with Crippen molar-refractivity contribution in [2.75, 3.05) is 19.6 Å². The number of nitrogens with zero attached hydrogens (tertiary/aromatic N) is 1. The Kier molecular flexibility index (Phi) is 4.11. The third-order valence-corrected chi connectivity index (χ3v) is 5.43. The van der Waals surface area contributed by atoms with Crippen LogP contribution in [0.5, 0.6) is 0 Å². The predicted octanol–water partition coefficient (Wildman–Crippen LogP) is 3.58. The highest BCUT2D eigenvalue weighted by molar-refractivity contribution is 5.37. The van der Waals surface area contributed by atoms with Crippen molar-refractivity contribution in [2.24, 2.45) is 5.92 Å². The molecule has 0 radical (unpaired) electrons. The Morgan fingerprint density at radius 2 is 1.86 bits per heavy atom. The molecule has 2 heteroatoms. The predicted molar refractivity (Wildman–Crippen MR) is 89.7 cm³/mol. The molecule has 1 aliphatic heterocycles. The first kappa shape index (κ1) is 15.1. The summed E-state index contributed by atoms with van der Waals surface area (Å²) >= 11 is 0. The monoisotopic (exact) mass is 286 g/mol. The molecule has 2 fully saturated rings. The quantitative estimate of drug-likeness (QED) is 0.913. The van der Waals surface area contributed by atoms with Crippen LogP contribution >= 0.6 is 0 Å². The van der Waals surface area contributed by atoms with Crippen LogP contribution in [0, 0.1) is 26.7 Å². The van der Waals surface area contributed by atoms with Crippen molar-refractivity contribution in [3.63, 3.8) is 0 Å². The summed E-state index contributed by atoms with van der Waals surface area (Å²) in [5, 5.41) is 3.83. The molecule has 116 valence electrons. The Morgan fingerprint density at radius 1 is 1.19 bits per heavy atom. The van der Waals surface area contributed by atoms with Crippen LogP contribution in [0.25, 0.3) is 0 Å². The minimum atomic E-state index is 0.336. The van der Waals surface area contributed by atoms with Gasteiger partial charge in [-0.1, -0.05) is 17.7 Å². The minimum Gasteiger partial charge on any atom is -0.310 e. The van der Waals surface area contributed by atoms with Crippen molar-refractivity contribution in [2.45, 2.75) is 59.0 Å². The van der Waals surface area contributed by atoms with Gasteiger partial charge in [0.25, 0.3) is 0 Å². The largest absolute Gasteiger partial charge is 0.310 e. The van der Waals surface area contributed by atoms with Crippen molar-refractivity contribution in [3.05, 3.63) is 34.4 Å². The van der Waals surface area contributed by atoms with Gasteiger partial charge in [-0.15, -0.1) is 0 Å². The minimum absolute atomic E-state index is 0.336. The van der Waals surface area contributed by atoms with E-state index in [-0.39, 0.29) is 0 Å². The zero-order chi connectivity index (χ0) is 15.0. The van der Waals surface area contributed by atoms with Gasteiger partial charge in [-0.25, -0.2) is 0 Å². The van der Waals surface area contributed by atoms with E-state index in [2.05, 4.69) is 50.0 Å². The second-order valence-electron chi connectivity index (χ2n) is 7.56. The second kappa shape index (κ2) is 5.73. The molecular formula is C19H30N2. The molecule has 3 rings (SSSR count). The van der Waals surface area contributed by atoms with Crippen molar-refractivity contribution in [1.29, 1.82) is 0 Å². The number of aryl methyl sites for hydroxylation is 3. The van der Waals surface area contributed by atoms with Crippen LogP contribution < -0.4 is 5.32 Å². The van der Waals surface area contributed by atoms with E-state index in [9.17, 15) is 0 Å². The Hall–Kier alpha value is -0.860. The Balaban J connectivity index is 1.77. The van der Waals surface area contributed by atoms with E-state index in [1.54, 1.807) is 5.56 Å². The average molecular weight is 286 g/mol. The summed E-state index contributed by atoms with van der Waals surface area (Å²) in [5.74, 6) is 0.901. The Labute approximate surface area is 129 Å². The molecule has 0 bridgehead atoms. The van der Waals surface area contributed by atoms with Crippen LogP contribution in [0.2, 0.25) is 0 Å². The van der Waals surface area contributed by atoms with E-state index in [0.29, 0.717) is 5.54 Å². The van der Waals surface area contributed by atoms with Gasteiger partial charge in [0.2, 0.25) is 0 Å². The molecule has 2 aliphatic rings. The highest BCUT2D eigenvalue weighted by Gasteiger charge is 2.42. The zero-order valence-corrected chi connectivity index (χ0v) is 14.1.